The van der Waals surface area contributed by atoms with Crippen LogP contribution < -0.4 is 4.74 Å². The van der Waals surface area contributed by atoms with Crippen molar-refractivity contribution >= 4 is 22.2 Å². The Balaban J connectivity index is 2.31. The molecule has 1 aromatic carbocycles. The summed E-state index contributed by atoms with van der Waals surface area (Å²) in [6.07, 6.45) is -3.13. The summed E-state index contributed by atoms with van der Waals surface area (Å²) in [5.41, 5.74) is 0.267. The maximum atomic E-state index is 12.0. The average Bonchev–Trinajstić information content (AvgIpc) is 2.68. The van der Waals surface area contributed by atoms with Gasteiger partial charge in [-0.05, 0) is 18.2 Å². The largest absolute Gasteiger partial charge is 0.755 e. The van der Waals surface area contributed by atoms with Gasteiger partial charge in [-0.1, -0.05) is 0 Å². The predicted octanol–water partition coefficient (Wildman–Crippen LogP) is 2.22. The molecule has 0 bridgehead atoms. The summed E-state index contributed by atoms with van der Waals surface area (Å²) >= 11 is -2.51. The van der Waals surface area contributed by atoms with Crippen LogP contribution in [-0.4, -0.2) is 25.5 Å². The summed E-state index contributed by atoms with van der Waals surface area (Å²) in [5, 5.41) is 0.596. The quantitative estimate of drug-likeness (QED) is 0.809. The van der Waals surface area contributed by atoms with Gasteiger partial charge in [-0.2, -0.15) is 13.2 Å². The normalized spacial score (nSPS) is 13.8. The molecule has 0 radical (unpaired) electrons. The number of hydrogen-bond donors (Lipinski definition) is 0. The topological polar surface area (TPSA) is 54.3 Å². The van der Waals surface area contributed by atoms with Crippen molar-refractivity contribution in [1.82, 2.24) is 3.97 Å². The van der Waals surface area contributed by atoms with Crippen molar-refractivity contribution in [2.75, 3.05) is 6.61 Å². The van der Waals surface area contributed by atoms with E-state index in [1.54, 1.807) is 6.07 Å². The number of hydrogen-bond acceptors (Lipinski definition) is 3. The van der Waals surface area contributed by atoms with Crippen LogP contribution in [0.2, 0.25) is 0 Å². The third-order valence-corrected chi connectivity index (χ3v) is 2.83. The molecular formula is C10H7F3NO3S-. The van der Waals surface area contributed by atoms with E-state index < -0.39 is 24.0 Å². The lowest BCUT2D eigenvalue weighted by Gasteiger charge is -2.11. The van der Waals surface area contributed by atoms with Crippen LogP contribution >= 0.6 is 0 Å². The first kappa shape index (κ1) is 12.9. The van der Waals surface area contributed by atoms with Crippen LogP contribution in [0.1, 0.15) is 0 Å². The van der Waals surface area contributed by atoms with E-state index in [9.17, 15) is 21.9 Å². The lowest BCUT2D eigenvalue weighted by Crippen LogP contribution is -2.19. The Hall–Kier alpha value is -1.54. The van der Waals surface area contributed by atoms with Gasteiger partial charge in [-0.15, -0.1) is 0 Å². The number of benzene rings is 1. The van der Waals surface area contributed by atoms with E-state index in [1.165, 1.54) is 24.4 Å². The highest BCUT2D eigenvalue weighted by Crippen LogP contribution is 2.24. The number of alkyl halides is 3. The molecule has 1 atom stereocenters. The van der Waals surface area contributed by atoms with Crippen LogP contribution in [0.3, 0.4) is 0 Å². The van der Waals surface area contributed by atoms with E-state index in [2.05, 4.69) is 4.74 Å². The minimum absolute atomic E-state index is 0.0368. The fourth-order valence-corrected chi connectivity index (χ4v) is 1.95. The van der Waals surface area contributed by atoms with Gasteiger partial charge < -0.3 is 9.29 Å². The van der Waals surface area contributed by atoms with Crippen molar-refractivity contribution in [3.05, 3.63) is 30.5 Å². The number of rotatable bonds is 3. The van der Waals surface area contributed by atoms with Crippen LogP contribution in [0.5, 0.6) is 5.75 Å². The molecule has 2 aromatic rings. The molecule has 98 valence electrons. The van der Waals surface area contributed by atoms with Gasteiger partial charge in [-0.25, -0.2) is 0 Å². The zero-order chi connectivity index (χ0) is 13.3. The molecule has 2 rings (SSSR count). The molecule has 4 nitrogen and oxygen atoms in total. The first-order chi connectivity index (χ1) is 8.37. The second-order valence-electron chi connectivity index (χ2n) is 3.48. The second kappa shape index (κ2) is 4.62. The minimum atomic E-state index is -4.43. The first-order valence-corrected chi connectivity index (χ1v) is 5.80. The molecule has 0 aliphatic carbocycles. The van der Waals surface area contributed by atoms with Crippen molar-refractivity contribution in [2.24, 2.45) is 0 Å². The zero-order valence-electron chi connectivity index (χ0n) is 8.81. The molecular weight excluding hydrogens is 271 g/mol. The second-order valence-corrected chi connectivity index (χ2v) is 4.31. The summed E-state index contributed by atoms with van der Waals surface area (Å²) in [7, 11) is 0. The summed E-state index contributed by atoms with van der Waals surface area (Å²) in [6, 6.07) is 5.63. The summed E-state index contributed by atoms with van der Waals surface area (Å²) in [5.74, 6) is -0.0368. The van der Waals surface area contributed by atoms with Gasteiger partial charge in [0.25, 0.3) is 0 Å². The monoisotopic (exact) mass is 278 g/mol. The van der Waals surface area contributed by atoms with Crippen LogP contribution in [-0.2, 0) is 11.3 Å². The summed E-state index contributed by atoms with van der Waals surface area (Å²) in [4.78, 5) is 0. The highest BCUT2D eigenvalue weighted by atomic mass is 32.2. The molecule has 18 heavy (non-hydrogen) atoms. The van der Waals surface area contributed by atoms with Crippen molar-refractivity contribution in [3.63, 3.8) is 0 Å². The maximum Gasteiger partial charge on any atom is 0.422 e. The average molecular weight is 278 g/mol. The first-order valence-electron chi connectivity index (χ1n) is 4.77. The molecule has 8 heteroatoms. The smallest absolute Gasteiger partial charge is 0.422 e. The van der Waals surface area contributed by atoms with Gasteiger partial charge in [0.2, 0.25) is 0 Å². The Labute approximate surface area is 102 Å². The molecule has 0 aliphatic rings. The minimum Gasteiger partial charge on any atom is -0.755 e. The molecule has 0 spiro atoms. The third kappa shape index (κ3) is 2.82. The Morgan fingerprint density at radius 2 is 2.06 bits per heavy atom. The molecule has 1 aromatic heterocycles. The van der Waals surface area contributed by atoms with Gasteiger partial charge in [0.05, 0.1) is 16.8 Å². The molecule has 0 aliphatic heterocycles. The van der Waals surface area contributed by atoms with E-state index in [0.717, 1.165) is 3.97 Å². The van der Waals surface area contributed by atoms with Crippen LogP contribution in [0.15, 0.2) is 30.5 Å². The number of fused-ring (bicyclic) bond motifs is 1. The SMILES string of the molecule is O=S([O-])n1ccc2ccc(OCC(F)(F)F)cc21. The molecule has 1 heterocycles. The fraction of sp³-hybridized carbons (Fsp3) is 0.200. The summed E-state index contributed by atoms with van der Waals surface area (Å²) in [6.45, 7) is -1.42. The lowest BCUT2D eigenvalue weighted by atomic mass is 10.2. The molecule has 0 fully saturated rings. The Morgan fingerprint density at radius 1 is 1.33 bits per heavy atom. The highest BCUT2D eigenvalue weighted by Gasteiger charge is 2.28. The molecule has 0 saturated heterocycles. The standard InChI is InChI=1S/C10H8F3NO3S/c11-10(12,13)6-17-8-2-1-7-3-4-14(18(15)16)9(7)5-8/h1-5H,6H2,(H,15,16)/p-1. The molecule has 0 N–H and O–H groups in total. The number of nitrogens with zero attached hydrogens (tertiary/aromatic N) is 1. The third-order valence-electron chi connectivity index (χ3n) is 2.19. The Kier molecular flexibility index (Phi) is 3.31. The van der Waals surface area contributed by atoms with Crippen molar-refractivity contribution < 1.29 is 26.7 Å². The number of halogens is 3. The van der Waals surface area contributed by atoms with Crippen molar-refractivity contribution in [1.29, 1.82) is 0 Å². The van der Waals surface area contributed by atoms with E-state index >= 15 is 0 Å². The van der Waals surface area contributed by atoms with Gasteiger partial charge >= 0.3 is 6.18 Å². The van der Waals surface area contributed by atoms with E-state index in [-0.39, 0.29) is 11.3 Å². The maximum absolute atomic E-state index is 12.0. The number of aromatic nitrogens is 1. The van der Waals surface area contributed by atoms with E-state index in [1.807, 2.05) is 0 Å². The molecule has 0 amide bonds. The Morgan fingerprint density at radius 3 is 2.67 bits per heavy atom. The van der Waals surface area contributed by atoms with Gasteiger partial charge in [0.15, 0.2) is 6.61 Å². The molecule has 1 unspecified atom stereocenters. The van der Waals surface area contributed by atoms with Crippen LogP contribution in [0.25, 0.3) is 10.9 Å². The molecule has 0 saturated carbocycles. The lowest BCUT2D eigenvalue weighted by molar-refractivity contribution is -0.153. The van der Waals surface area contributed by atoms with E-state index in [0.29, 0.717) is 5.39 Å². The van der Waals surface area contributed by atoms with E-state index in [4.69, 9.17) is 0 Å². The highest BCUT2D eigenvalue weighted by molar-refractivity contribution is 7.77. The zero-order valence-corrected chi connectivity index (χ0v) is 9.62. The number of ether oxygens (including phenoxy) is 1. The fourth-order valence-electron chi connectivity index (χ4n) is 1.47. The van der Waals surface area contributed by atoms with Gasteiger partial charge in [0, 0.05) is 17.6 Å². The van der Waals surface area contributed by atoms with Gasteiger partial charge in [0.1, 0.15) is 5.75 Å². The van der Waals surface area contributed by atoms with Crippen LogP contribution in [0, 0.1) is 0 Å². The Bertz CT molecular complexity index is 594. The van der Waals surface area contributed by atoms with Crippen molar-refractivity contribution in [2.45, 2.75) is 6.18 Å². The van der Waals surface area contributed by atoms with Crippen molar-refractivity contribution in [3.8, 4) is 5.75 Å². The van der Waals surface area contributed by atoms with Crippen LogP contribution in [0.4, 0.5) is 13.2 Å². The van der Waals surface area contributed by atoms with Gasteiger partial charge in [-0.3, -0.25) is 8.18 Å². The predicted molar refractivity (Wildman–Crippen MR) is 57.8 cm³/mol. The summed E-state index contributed by atoms with van der Waals surface area (Å²) < 4.78 is 63.1.